The number of anilines is 2. The Bertz CT molecular complexity index is 743. The van der Waals surface area contributed by atoms with Crippen LogP contribution in [0.4, 0.5) is 16.4 Å². The Morgan fingerprint density at radius 3 is 2.88 bits per heavy atom. The SMILES string of the molecule is CN(C(=O)OCc1ccccc1)c1cc(N2C[C@H](O)C[C@@H]2CN)ncn1. The number of aliphatic hydroxyl groups excluding tert-OH is 1. The van der Waals surface area contributed by atoms with E-state index in [1.165, 1.54) is 11.2 Å². The zero-order valence-electron chi connectivity index (χ0n) is 14.7. The van der Waals surface area contributed by atoms with Crippen molar-refractivity contribution < 1.29 is 14.6 Å². The van der Waals surface area contributed by atoms with Crippen LogP contribution < -0.4 is 15.5 Å². The molecule has 1 amide bonds. The molecule has 1 fully saturated rings. The van der Waals surface area contributed by atoms with E-state index in [1.807, 2.05) is 35.2 Å². The molecule has 2 heterocycles. The number of β-amino-alcohol motifs (C(OH)–C–C–N with tert-alkyl or cyclic N) is 1. The Labute approximate surface area is 152 Å². The fourth-order valence-corrected chi connectivity index (χ4v) is 2.98. The van der Waals surface area contributed by atoms with Crippen LogP contribution in [0.3, 0.4) is 0 Å². The van der Waals surface area contributed by atoms with Crippen molar-refractivity contribution >= 4 is 17.7 Å². The first kappa shape index (κ1) is 18.1. The summed E-state index contributed by atoms with van der Waals surface area (Å²) in [5.41, 5.74) is 6.70. The third kappa shape index (κ3) is 4.09. The largest absolute Gasteiger partial charge is 0.444 e. The lowest BCUT2D eigenvalue weighted by Crippen LogP contribution is -2.36. The van der Waals surface area contributed by atoms with Crippen molar-refractivity contribution in [2.24, 2.45) is 5.73 Å². The van der Waals surface area contributed by atoms with Crippen molar-refractivity contribution in [1.29, 1.82) is 0 Å². The summed E-state index contributed by atoms with van der Waals surface area (Å²) in [6.45, 7) is 1.07. The van der Waals surface area contributed by atoms with Gasteiger partial charge in [0.05, 0.1) is 6.10 Å². The molecule has 0 radical (unpaired) electrons. The highest BCUT2D eigenvalue weighted by atomic mass is 16.6. The van der Waals surface area contributed by atoms with Crippen LogP contribution in [-0.2, 0) is 11.3 Å². The molecule has 0 saturated carbocycles. The summed E-state index contributed by atoms with van der Waals surface area (Å²) in [5, 5.41) is 9.88. The lowest BCUT2D eigenvalue weighted by atomic mass is 10.2. The van der Waals surface area contributed by atoms with Gasteiger partial charge in [-0.15, -0.1) is 0 Å². The van der Waals surface area contributed by atoms with Crippen LogP contribution in [0.15, 0.2) is 42.7 Å². The lowest BCUT2D eigenvalue weighted by Gasteiger charge is -2.25. The fourth-order valence-electron chi connectivity index (χ4n) is 2.98. The maximum Gasteiger partial charge on any atom is 0.415 e. The number of carbonyl (C=O) groups excluding carboxylic acids is 1. The van der Waals surface area contributed by atoms with Gasteiger partial charge in [-0.1, -0.05) is 30.3 Å². The number of nitrogens with zero attached hydrogens (tertiary/aromatic N) is 4. The third-order valence-corrected chi connectivity index (χ3v) is 4.42. The van der Waals surface area contributed by atoms with E-state index in [1.54, 1.807) is 13.1 Å². The van der Waals surface area contributed by atoms with Gasteiger partial charge in [-0.25, -0.2) is 14.8 Å². The van der Waals surface area contributed by atoms with Gasteiger partial charge in [0.1, 0.15) is 24.6 Å². The quantitative estimate of drug-likeness (QED) is 0.827. The van der Waals surface area contributed by atoms with Crippen LogP contribution in [0, 0.1) is 0 Å². The molecular weight excluding hydrogens is 334 g/mol. The normalized spacial score (nSPS) is 19.4. The van der Waals surface area contributed by atoms with Gasteiger partial charge >= 0.3 is 6.09 Å². The van der Waals surface area contributed by atoms with Crippen molar-refractivity contribution in [2.45, 2.75) is 25.2 Å². The summed E-state index contributed by atoms with van der Waals surface area (Å²) in [7, 11) is 1.60. The minimum Gasteiger partial charge on any atom is -0.444 e. The topological polar surface area (TPSA) is 105 Å². The summed E-state index contributed by atoms with van der Waals surface area (Å²) in [5.74, 6) is 1.05. The highest BCUT2D eigenvalue weighted by Crippen LogP contribution is 2.25. The lowest BCUT2D eigenvalue weighted by molar-refractivity contribution is 0.148. The van der Waals surface area contributed by atoms with E-state index in [4.69, 9.17) is 10.5 Å². The van der Waals surface area contributed by atoms with Crippen molar-refractivity contribution in [1.82, 2.24) is 9.97 Å². The Kier molecular flexibility index (Phi) is 5.65. The van der Waals surface area contributed by atoms with E-state index in [9.17, 15) is 9.90 Å². The molecule has 2 aromatic rings. The van der Waals surface area contributed by atoms with Gasteiger partial charge in [0.25, 0.3) is 0 Å². The minimum absolute atomic E-state index is 0.0167. The maximum atomic E-state index is 12.3. The number of nitrogens with two attached hydrogens (primary N) is 1. The van der Waals surface area contributed by atoms with Gasteiger partial charge in [-0.05, 0) is 12.0 Å². The van der Waals surface area contributed by atoms with Gasteiger partial charge < -0.3 is 20.5 Å². The Hall–Kier alpha value is -2.71. The average molecular weight is 357 g/mol. The molecule has 1 aromatic carbocycles. The summed E-state index contributed by atoms with van der Waals surface area (Å²) in [4.78, 5) is 24.0. The van der Waals surface area contributed by atoms with Gasteiger partial charge in [0.2, 0.25) is 0 Å². The number of rotatable bonds is 5. The van der Waals surface area contributed by atoms with Gasteiger partial charge in [-0.3, -0.25) is 4.90 Å². The second-order valence-corrected chi connectivity index (χ2v) is 6.27. The first-order valence-corrected chi connectivity index (χ1v) is 8.49. The van der Waals surface area contributed by atoms with Crippen LogP contribution in [0.1, 0.15) is 12.0 Å². The molecule has 0 aliphatic carbocycles. The maximum absolute atomic E-state index is 12.3. The monoisotopic (exact) mass is 357 g/mol. The number of hydrogen-bond acceptors (Lipinski definition) is 7. The molecule has 26 heavy (non-hydrogen) atoms. The average Bonchev–Trinajstić information content (AvgIpc) is 3.07. The molecule has 1 aromatic heterocycles. The van der Waals surface area contributed by atoms with E-state index in [0.29, 0.717) is 31.1 Å². The number of ether oxygens (including phenoxy) is 1. The van der Waals surface area contributed by atoms with Crippen LogP contribution in [0.2, 0.25) is 0 Å². The molecule has 0 spiro atoms. The summed E-state index contributed by atoms with van der Waals surface area (Å²) in [6.07, 6.45) is 1.06. The molecule has 0 unspecified atom stereocenters. The minimum atomic E-state index is -0.504. The number of aliphatic hydroxyl groups is 1. The number of aromatic nitrogens is 2. The third-order valence-electron chi connectivity index (χ3n) is 4.42. The van der Waals surface area contributed by atoms with Crippen LogP contribution in [0.25, 0.3) is 0 Å². The van der Waals surface area contributed by atoms with Crippen LogP contribution in [0.5, 0.6) is 0 Å². The van der Waals surface area contributed by atoms with Crippen LogP contribution >= 0.6 is 0 Å². The Morgan fingerprint density at radius 1 is 1.38 bits per heavy atom. The van der Waals surface area contributed by atoms with Crippen LogP contribution in [-0.4, -0.2) is 53.5 Å². The van der Waals surface area contributed by atoms with E-state index in [2.05, 4.69) is 9.97 Å². The fraction of sp³-hybridized carbons (Fsp3) is 0.389. The first-order valence-electron chi connectivity index (χ1n) is 8.49. The van der Waals surface area contributed by atoms with Crippen molar-refractivity contribution in [3.63, 3.8) is 0 Å². The van der Waals surface area contributed by atoms with Crippen molar-refractivity contribution in [2.75, 3.05) is 29.9 Å². The molecule has 2 atom stereocenters. The second-order valence-electron chi connectivity index (χ2n) is 6.27. The first-order chi connectivity index (χ1) is 12.6. The number of hydrogen-bond donors (Lipinski definition) is 2. The Balaban J connectivity index is 1.67. The highest BCUT2D eigenvalue weighted by Gasteiger charge is 2.31. The second kappa shape index (κ2) is 8.11. The van der Waals surface area contributed by atoms with E-state index >= 15 is 0 Å². The molecule has 1 aliphatic heterocycles. The zero-order chi connectivity index (χ0) is 18.5. The van der Waals surface area contributed by atoms with Gasteiger partial charge in [0, 0.05) is 32.2 Å². The number of benzene rings is 1. The summed E-state index contributed by atoms with van der Waals surface area (Å²) in [6, 6.07) is 11.2. The molecule has 138 valence electrons. The van der Waals surface area contributed by atoms with E-state index < -0.39 is 12.2 Å². The smallest absolute Gasteiger partial charge is 0.415 e. The highest BCUT2D eigenvalue weighted by molar-refractivity contribution is 5.86. The van der Waals surface area contributed by atoms with Crippen molar-refractivity contribution in [3.05, 3.63) is 48.3 Å². The molecular formula is C18H23N5O3. The van der Waals surface area contributed by atoms with Gasteiger partial charge in [0.15, 0.2) is 0 Å². The molecule has 3 rings (SSSR count). The van der Waals surface area contributed by atoms with Crippen molar-refractivity contribution in [3.8, 4) is 0 Å². The van der Waals surface area contributed by atoms with Gasteiger partial charge in [-0.2, -0.15) is 0 Å². The standard InChI is InChI=1S/C18H23N5O3/c1-22(18(25)26-11-13-5-3-2-4-6-13)16-8-17(21-12-20-16)23-10-15(24)7-14(23)9-19/h2-6,8,12,14-15,24H,7,9-11,19H2,1H3/t14-,15-/m1/s1. The summed E-state index contributed by atoms with van der Waals surface area (Å²) >= 11 is 0. The molecule has 8 nitrogen and oxygen atoms in total. The summed E-state index contributed by atoms with van der Waals surface area (Å²) < 4.78 is 5.32. The predicted octanol–water partition coefficient (Wildman–Crippen LogP) is 1.15. The predicted molar refractivity (Wildman–Crippen MR) is 97.9 cm³/mol. The molecule has 0 bridgehead atoms. The molecule has 1 saturated heterocycles. The zero-order valence-corrected chi connectivity index (χ0v) is 14.7. The molecule has 3 N–H and O–H groups in total. The Morgan fingerprint density at radius 2 is 2.15 bits per heavy atom. The number of amides is 1. The molecule has 1 aliphatic rings. The van der Waals surface area contributed by atoms with E-state index in [-0.39, 0.29) is 12.6 Å². The number of carbonyl (C=O) groups is 1. The van der Waals surface area contributed by atoms with E-state index in [0.717, 1.165) is 5.56 Å². The molecule has 8 heteroatoms.